The number of nitrogens with zero attached hydrogens (tertiary/aromatic N) is 1. The molecule has 1 aliphatic heterocycles. The first-order chi connectivity index (χ1) is 9.66. The summed E-state index contributed by atoms with van der Waals surface area (Å²) >= 11 is 3.41. The Hall–Kier alpha value is -1.46. The minimum absolute atomic E-state index is 0.0755. The summed E-state index contributed by atoms with van der Waals surface area (Å²) in [6, 6.07) is 17.0. The number of anilines is 1. The third-order valence-corrected chi connectivity index (χ3v) is 5.19. The summed E-state index contributed by atoms with van der Waals surface area (Å²) in [5.74, 6) is -0.0261. The summed E-state index contributed by atoms with van der Waals surface area (Å²) in [6.07, 6.45) is 0. The summed E-state index contributed by atoms with van der Waals surface area (Å²) in [5, 5.41) is -0.405. The summed E-state index contributed by atoms with van der Waals surface area (Å²) in [5.41, 5.74) is 1.67. The second kappa shape index (κ2) is 5.50. The van der Waals surface area contributed by atoms with Crippen molar-refractivity contribution < 1.29 is 9.00 Å². The molecule has 0 bridgehead atoms. The highest BCUT2D eigenvalue weighted by Gasteiger charge is 2.39. The van der Waals surface area contributed by atoms with Gasteiger partial charge in [-0.05, 0) is 23.8 Å². The van der Waals surface area contributed by atoms with E-state index in [0.29, 0.717) is 0 Å². The number of carbonyl (C=O) groups is 1. The predicted octanol–water partition coefficient (Wildman–Crippen LogP) is 3.24. The van der Waals surface area contributed by atoms with Crippen LogP contribution in [0.5, 0.6) is 0 Å². The van der Waals surface area contributed by atoms with Crippen molar-refractivity contribution in [1.29, 1.82) is 0 Å². The van der Waals surface area contributed by atoms with E-state index in [-0.39, 0.29) is 11.7 Å². The summed E-state index contributed by atoms with van der Waals surface area (Å²) in [4.78, 5) is 13.8. The van der Waals surface area contributed by atoms with Gasteiger partial charge in [0, 0.05) is 10.2 Å². The zero-order chi connectivity index (χ0) is 14.1. The normalized spacial score (nSPS) is 22.2. The van der Waals surface area contributed by atoms with E-state index in [0.717, 1.165) is 15.7 Å². The van der Waals surface area contributed by atoms with Crippen molar-refractivity contribution in [3.05, 3.63) is 64.6 Å². The molecule has 3 rings (SSSR count). The minimum atomic E-state index is -1.22. The van der Waals surface area contributed by atoms with Crippen LogP contribution in [0.25, 0.3) is 0 Å². The average molecular weight is 350 g/mol. The van der Waals surface area contributed by atoms with Crippen LogP contribution in [0.3, 0.4) is 0 Å². The highest BCUT2D eigenvalue weighted by Crippen LogP contribution is 2.35. The number of amides is 1. The third-order valence-electron chi connectivity index (χ3n) is 3.19. The molecule has 102 valence electrons. The fourth-order valence-electron chi connectivity index (χ4n) is 2.34. The molecule has 1 aliphatic rings. The number of halogens is 1. The second-order valence-electron chi connectivity index (χ2n) is 4.53. The number of rotatable bonds is 2. The van der Waals surface area contributed by atoms with E-state index in [1.54, 1.807) is 4.90 Å². The Morgan fingerprint density at radius 1 is 1.10 bits per heavy atom. The average Bonchev–Trinajstić information content (AvgIpc) is 2.74. The first-order valence-corrected chi connectivity index (χ1v) is 8.34. The number of carbonyl (C=O) groups excluding carboxylic acids is 1. The molecule has 0 N–H and O–H groups in total. The summed E-state index contributed by atoms with van der Waals surface area (Å²) < 4.78 is 13.2. The monoisotopic (exact) mass is 349 g/mol. The van der Waals surface area contributed by atoms with Gasteiger partial charge in [-0.15, -0.1) is 0 Å². The summed E-state index contributed by atoms with van der Waals surface area (Å²) in [6.45, 7) is 0. The summed E-state index contributed by atoms with van der Waals surface area (Å²) in [7, 11) is -1.22. The lowest BCUT2D eigenvalue weighted by molar-refractivity contribution is -0.115. The van der Waals surface area contributed by atoms with Crippen molar-refractivity contribution in [1.82, 2.24) is 0 Å². The van der Waals surface area contributed by atoms with Gasteiger partial charge < -0.3 is 0 Å². The van der Waals surface area contributed by atoms with Crippen molar-refractivity contribution >= 4 is 38.3 Å². The maximum absolute atomic E-state index is 12.3. The molecule has 2 aromatic rings. The topological polar surface area (TPSA) is 37.4 Å². The molecule has 0 radical (unpaired) electrons. The van der Waals surface area contributed by atoms with Crippen LogP contribution in [-0.2, 0) is 15.6 Å². The van der Waals surface area contributed by atoms with Crippen molar-refractivity contribution in [2.24, 2.45) is 0 Å². The van der Waals surface area contributed by atoms with Gasteiger partial charge in [0.1, 0.15) is 11.1 Å². The second-order valence-corrected chi connectivity index (χ2v) is 6.94. The molecule has 1 saturated heterocycles. The largest absolute Gasteiger partial charge is 0.292 e. The molecule has 2 unspecified atom stereocenters. The van der Waals surface area contributed by atoms with E-state index in [1.165, 1.54) is 0 Å². The Balaban J connectivity index is 2.07. The fraction of sp³-hybridized carbons (Fsp3) is 0.133. The molecule has 1 amide bonds. The SMILES string of the molecule is O=C1CS(=O)C(c2ccccc2)N1c1cccc(Br)c1. The van der Waals surface area contributed by atoms with Crippen molar-refractivity contribution in [2.45, 2.75) is 5.37 Å². The predicted molar refractivity (Wildman–Crippen MR) is 83.8 cm³/mol. The fourth-order valence-corrected chi connectivity index (χ4v) is 4.21. The number of benzene rings is 2. The molecule has 0 aromatic heterocycles. The van der Waals surface area contributed by atoms with Gasteiger partial charge in [-0.25, -0.2) is 0 Å². The molecule has 0 spiro atoms. The highest BCUT2D eigenvalue weighted by atomic mass is 79.9. The van der Waals surface area contributed by atoms with Crippen LogP contribution in [0.4, 0.5) is 5.69 Å². The van der Waals surface area contributed by atoms with Gasteiger partial charge in [0.2, 0.25) is 5.91 Å². The molecule has 20 heavy (non-hydrogen) atoms. The Bertz CT molecular complexity index is 675. The van der Waals surface area contributed by atoms with E-state index in [1.807, 2.05) is 54.6 Å². The molecule has 1 heterocycles. The van der Waals surface area contributed by atoms with Gasteiger partial charge in [0.25, 0.3) is 0 Å². The molecule has 1 fully saturated rings. The first-order valence-electron chi connectivity index (χ1n) is 6.16. The van der Waals surface area contributed by atoms with Gasteiger partial charge in [-0.2, -0.15) is 0 Å². The van der Waals surface area contributed by atoms with Crippen LogP contribution >= 0.6 is 15.9 Å². The van der Waals surface area contributed by atoms with Gasteiger partial charge in [0.05, 0.1) is 10.8 Å². The van der Waals surface area contributed by atoms with Gasteiger partial charge in [0.15, 0.2) is 0 Å². The van der Waals surface area contributed by atoms with Crippen molar-refractivity contribution in [3.63, 3.8) is 0 Å². The van der Waals surface area contributed by atoms with E-state index >= 15 is 0 Å². The Morgan fingerprint density at radius 2 is 1.85 bits per heavy atom. The quantitative estimate of drug-likeness (QED) is 0.834. The molecular formula is C15H12BrNO2S. The molecule has 0 saturated carbocycles. The minimum Gasteiger partial charge on any atom is -0.292 e. The van der Waals surface area contributed by atoms with E-state index in [4.69, 9.17) is 0 Å². The van der Waals surface area contributed by atoms with Crippen LogP contribution in [0.2, 0.25) is 0 Å². The lowest BCUT2D eigenvalue weighted by Gasteiger charge is -2.24. The number of hydrogen-bond acceptors (Lipinski definition) is 2. The molecule has 2 aromatic carbocycles. The van der Waals surface area contributed by atoms with E-state index < -0.39 is 16.2 Å². The molecule has 2 atom stereocenters. The smallest absolute Gasteiger partial charge is 0.241 e. The lowest BCUT2D eigenvalue weighted by atomic mass is 10.2. The molecule has 0 aliphatic carbocycles. The standard InChI is InChI=1S/C15H12BrNO2S/c16-12-7-4-8-13(9-12)17-14(18)10-20(19)15(17)11-5-2-1-3-6-11/h1-9,15H,10H2. The lowest BCUT2D eigenvalue weighted by Crippen LogP contribution is -2.28. The molecule has 5 heteroatoms. The maximum atomic E-state index is 12.3. The molecule has 3 nitrogen and oxygen atoms in total. The maximum Gasteiger partial charge on any atom is 0.241 e. The Kier molecular flexibility index (Phi) is 3.72. The van der Waals surface area contributed by atoms with Crippen LogP contribution in [0.1, 0.15) is 10.9 Å². The van der Waals surface area contributed by atoms with Gasteiger partial charge in [-0.1, -0.05) is 52.3 Å². The van der Waals surface area contributed by atoms with E-state index in [2.05, 4.69) is 15.9 Å². The first kappa shape index (κ1) is 13.5. The zero-order valence-corrected chi connectivity index (χ0v) is 12.9. The van der Waals surface area contributed by atoms with Crippen molar-refractivity contribution in [3.8, 4) is 0 Å². The molecular weight excluding hydrogens is 338 g/mol. The van der Waals surface area contributed by atoms with Crippen LogP contribution in [-0.4, -0.2) is 15.9 Å². The Labute approximate surface area is 128 Å². The van der Waals surface area contributed by atoms with Crippen LogP contribution in [0.15, 0.2) is 59.1 Å². The zero-order valence-electron chi connectivity index (χ0n) is 10.5. The number of hydrogen-bond donors (Lipinski definition) is 0. The highest BCUT2D eigenvalue weighted by molar-refractivity contribution is 9.10. The van der Waals surface area contributed by atoms with Crippen LogP contribution in [0, 0.1) is 0 Å². The van der Waals surface area contributed by atoms with Crippen molar-refractivity contribution in [2.75, 3.05) is 10.7 Å². The van der Waals surface area contributed by atoms with Crippen LogP contribution < -0.4 is 4.90 Å². The van der Waals surface area contributed by atoms with Gasteiger partial charge >= 0.3 is 0 Å². The van der Waals surface area contributed by atoms with E-state index in [9.17, 15) is 9.00 Å². The van der Waals surface area contributed by atoms with Gasteiger partial charge in [-0.3, -0.25) is 13.9 Å². The third kappa shape index (κ3) is 2.43. The Morgan fingerprint density at radius 3 is 2.55 bits per heavy atom.